The van der Waals surface area contributed by atoms with Crippen LogP contribution in [0.5, 0.6) is 0 Å². The number of rotatable bonds is 16. The predicted molar refractivity (Wildman–Crippen MR) is 212 cm³/mol. The SMILES string of the molecule is C[C@H](N(Cc1ccc(F)cc1)C(=O)CN1C(=O)O[C@@]2(CCc3cc(NC(=O)CCC(=O)NCc4ccc(C(=O)C5(CCC6CO6)CCCCC5)cc4)ccc32)C1=O)C(F)(F)F. The predicted octanol–water partition coefficient (Wildman–Crippen LogP) is 7.27. The third-order valence-electron chi connectivity index (χ3n) is 12.4. The molecule has 16 heteroatoms. The lowest BCUT2D eigenvalue weighted by molar-refractivity contribution is -0.187. The van der Waals surface area contributed by atoms with Gasteiger partial charge < -0.3 is 25.0 Å². The normalized spacial score (nSPS) is 20.8. The number of epoxide rings is 1. The zero-order valence-corrected chi connectivity index (χ0v) is 33.8. The van der Waals surface area contributed by atoms with Crippen LogP contribution in [-0.4, -0.2) is 76.8 Å². The van der Waals surface area contributed by atoms with E-state index >= 15 is 0 Å². The van der Waals surface area contributed by atoms with E-state index in [1.54, 1.807) is 6.07 Å². The van der Waals surface area contributed by atoms with Gasteiger partial charge >= 0.3 is 12.3 Å². The lowest BCUT2D eigenvalue weighted by Gasteiger charge is -2.36. The first-order chi connectivity index (χ1) is 29.1. The fourth-order valence-electron chi connectivity index (χ4n) is 8.67. The van der Waals surface area contributed by atoms with Gasteiger partial charge in [-0.05, 0) is 80.0 Å². The first-order valence-corrected chi connectivity index (χ1v) is 20.7. The Balaban J connectivity index is 0.899. The highest BCUT2D eigenvalue weighted by atomic mass is 19.4. The number of anilines is 1. The third kappa shape index (κ3) is 9.79. The van der Waals surface area contributed by atoms with Crippen molar-refractivity contribution in [3.8, 4) is 0 Å². The number of carbonyl (C=O) groups excluding carboxylic acids is 6. The van der Waals surface area contributed by atoms with E-state index in [4.69, 9.17) is 9.47 Å². The molecule has 2 heterocycles. The number of hydrogen-bond acceptors (Lipinski definition) is 8. The molecule has 0 radical (unpaired) electrons. The van der Waals surface area contributed by atoms with Crippen LogP contribution < -0.4 is 10.6 Å². The molecule has 0 aromatic heterocycles. The minimum Gasteiger partial charge on any atom is -0.427 e. The van der Waals surface area contributed by atoms with Gasteiger partial charge in [0.15, 0.2) is 5.78 Å². The minimum atomic E-state index is -4.84. The van der Waals surface area contributed by atoms with Crippen LogP contribution in [0, 0.1) is 11.2 Å². The molecule has 324 valence electrons. The number of carbonyl (C=O) groups is 6. The highest BCUT2D eigenvalue weighted by molar-refractivity contribution is 6.06. The van der Waals surface area contributed by atoms with Crippen LogP contribution in [0.1, 0.15) is 104 Å². The molecule has 12 nitrogen and oxygen atoms in total. The lowest BCUT2D eigenvalue weighted by Crippen LogP contribution is -2.51. The second-order valence-electron chi connectivity index (χ2n) is 16.5. The van der Waals surface area contributed by atoms with Gasteiger partial charge in [-0.3, -0.25) is 24.0 Å². The number of alkyl halides is 3. The summed E-state index contributed by atoms with van der Waals surface area (Å²) in [7, 11) is 0. The van der Waals surface area contributed by atoms with Crippen molar-refractivity contribution in [2.45, 2.75) is 115 Å². The van der Waals surface area contributed by atoms with Crippen LogP contribution >= 0.6 is 0 Å². The molecule has 0 bridgehead atoms. The molecule has 3 fully saturated rings. The molecule has 2 saturated heterocycles. The van der Waals surface area contributed by atoms with E-state index in [1.165, 1.54) is 24.3 Å². The van der Waals surface area contributed by atoms with Crippen LogP contribution in [0.2, 0.25) is 0 Å². The number of imide groups is 1. The molecule has 5 amide bonds. The van der Waals surface area contributed by atoms with Gasteiger partial charge in [0.1, 0.15) is 18.4 Å². The lowest BCUT2D eigenvalue weighted by atomic mass is 9.66. The van der Waals surface area contributed by atoms with Crippen LogP contribution in [0.3, 0.4) is 0 Å². The third-order valence-corrected chi connectivity index (χ3v) is 12.4. The smallest absolute Gasteiger partial charge is 0.418 e. The van der Waals surface area contributed by atoms with Gasteiger partial charge in [-0.25, -0.2) is 14.1 Å². The van der Waals surface area contributed by atoms with E-state index < -0.39 is 60.5 Å². The monoisotopic (exact) mass is 848 g/mol. The molecule has 61 heavy (non-hydrogen) atoms. The number of benzene rings is 3. The number of nitrogens with zero attached hydrogens (tertiary/aromatic N) is 2. The summed E-state index contributed by atoms with van der Waals surface area (Å²) in [5.41, 5.74) is 0.803. The maximum absolute atomic E-state index is 13.8. The first kappa shape index (κ1) is 43.4. The number of aryl methyl sites for hydroxylation is 1. The quantitative estimate of drug-likeness (QED) is 0.0867. The van der Waals surface area contributed by atoms with Crippen molar-refractivity contribution in [2.75, 3.05) is 18.5 Å². The molecule has 2 N–H and O–H groups in total. The fraction of sp³-hybridized carbons (Fsp3) is 0.467. The van der Waals surface area contributed by atoms with Crippen LogP contribution in [0.4, 0.5) is 28.0 Å². The largest absolute Gasteiger partial charge is 0.427 e. The average molecular weight is 849 g/mol. The molecule has 2 aliphatic carbocycles. The fourth-order valence-corrected chi connectivity index (χ4v) is 8.67. The molecule has 1 spiro atoms. The van der Waals surface area contributed by atoms with E-state index in [0.717, 1.165) is 76.2 Å². The Morgan fingerprint density at radius 2 is 1.57 bits per heavy atom. The molecule has 4 aliphatic rings. The molecule has 7 rings (SSSR count). The number of fused-ring (bicyclic) bond motifs is 2. The number of ketones is 1. The number of amides is 5. The Bertz CT molecular complexity index is 2170. The van der Waals surface area contributed by atoms with Gasteiger partial charge in [0.25, 0.3) is 5.91 Å². The molecule has 3 aromatic rings. The van der Waals surface area contributed by atoms with Crippen molar-refractivity contribution >= 4 is 41.2 Å². The number of nitrogens with one attached hydrogen (secondary N) is 2. The molecule has 1 unspecified atom stereocenters. The first-order valence-electron chi connectivity index (χ1n) is 20.7. The van der Waals surface area contributed by atoms with Crippen molar-refractivity contribution in [3.05, 3.63) is 100 Å². The zero-order valence-electron chi connectivity index (χ0n) is 33.8. The molecular formula is C45H48F4N4O8. The van der Waals surface area contributed by atoms with Gasteiger partial charge in [0, 0.05) is 54.6 Å². The molecular weight excluding hydrogens is 801 g/mol. The number of ether oxygens (including phenoxy) is 2. The second kappa shape index (κ2) is 17.8. The van der Waals surface area contributed by atoms with Crippen LogP contribution in [0.25, 0.3) is 0 Å². The van der Waals surface area contributed by atoms with Crippen LogP contribution in [-0.2, 0) is 53.8 Å². The summed E-state index contributed by atoms with van der Waals surface area (Å²) in [6.07, 6.45) is 1.04. The molecule has 3 aromatic carbocycles. The zero-order chi connectivity index (χ0) is 43.5. The van der Waals surface area contributed by atoms with E-state index in [0.29, 0.717) is 32.2 Å². The standard InChI is InChI=1S/C45H48F4N4O8/c1-28(45(47,48)49)52(25-30-7-11-33(46)12-8-30)39(56)26-53-41(58)44(61-42(53)59)22-17-32-23-34(13-14-36(32)44)51-38(55)16-15-37(54)50-24-29-5-9-31(10-6-29)40(57)43(19-3-2-4-20-43)21-18-35-27-60-35/h5-14,23,28,35H,2-4,15-22,24-27H2,1H3,(H,50,54)(H,51,55)/t28-,35?,44+/m0/s1. The summed E-state index contributed by atoms with van der Waals surface area (Å²) >= 11 is 0. The van der Waals surface area contributed by atoms with E-state index in [2.05, 4.69) is 10.6 Å². The second-order valence-corrected chi connectivity index (χ2v) is 16.5. The van der Waals surface area contributed by atoms with Crippen LogP contribution in [0.15, 0.2) is 66.7 Å². The Kier molecular flexibility index (Phi) is 12.6. The highest BCUT2D eigenvalue weighted by Gasteiger charge is 2.59. The van der Waals surface area contributed by atoms with Gasteiger partial charge in [-0.1, -0.05) is 61.7 Å². The topological polar surface area (TPSA) is 155 Å². The Morgan fingerprint density at radius 1 is 0.902 bits per heavy atom. The molecule has 3 atom stereocenters. The average Bonchev–Trinajstić information content (AvgIpc) is 3.97. The molecule has 1 saturated carbocycles. The van der Waals surface area contributed by atoms with Gasteiger partial charge in [0.2, 0.25) is 23.3 Å². The van der Waals surface area contributed by atoms with Crippen molar-refractivity contribution in [1.82, 2.24) is 15.1 Å². The maximum atomic E-state index is 13.8. The van der Waals surface area contributed by atoms with E-state index in [9.17, 15) is 46.3 Å². The Hall–Kier alpha value is -5.64. The minimum absolute atomic E-state index is 0.00342. The summed E-state index contributed by atoms with van der Waals surface area (Å²) in [5.74, 6) is -3.29. The Labute approximate surface area is 350 Å². The number of Topliss-reactive ketones (excluding diaryl/α,β-unsaturated/α-hetero) is 1. The van der Waals surface area contributed by atoms with Gasteiger partial charge in [-0.2, -0.15) is 13.2 Å². The molecule has 2 aliphatic heterocycles. The highest BCUT2D eigenvalue weighted by Crippen LogP contribution is 2.47. The summed E-state index contributed by atoms with van der Waals surface area (Å²) < 4.78 is 65.8. The maximum Gasteiger partial charge on any atom is 0.418 e. The van der Waals surface area contributed by atoms with Gasteiger partial charge in [0.05, 0.1) is 12.7 Å². The summed E-state index contributed by atoms with van der Waals surface area (Å²) in [5, 5.41) is 5.55. The van der Waals surface area contributed by atoms with Crippen molar-refractivity contribution in [3.63, 3.8) is 0 Å². The number of halogens is 4. The Morgan fingerprint density at radius 3 is 2.25 bits per heavy atom. The van der Waals surface area contributed by atoms with Crippen molar-refractivity contribution in [1.29, 1.82) is 0 Å². The van der Waals surface area contributed by atoms with E-state index in [1.807, 2.05) is 24.3 Å². The van der Waals surface area contributed by atoms with Crippen molar-refractivity contribution in [2.24, 2.45) is 5.41 Å². The summed E-state index contributed by atoms with van der Waals surface area (Å²) in [4.78, 5) is 80.3. The summed E-state index contributed by atoms with van der Waals surface area (Å²) in [6.45, 7) is 0.207. The van der Waals surface area contributed by atoms with E-state index in [-0.39, 0.29) is 61.0 Å². The summed E-state index contributed by atoms with van der Waals surface area (Å²) in [6, 6.07) is 14.2. The van der Waals surface area contributed by atoms with Crippen molar-refractivity contribution < 1.29 is 55.8 Å². The van der Waals surface area contributed by atoms with Gasteiger partial charge in [-0.15, -0.1) is 0 Å². The number of hydrogen-bond donors (Lipinski definition) is 2.